The Labute approximate surface area is 151 Å². The van der Waals surface area contributed by atoms with Crippen LogP contribution in [0.2, 0.25) is 0 Å². The van der Waals surface area contributed by atoms with E-state index in [0.29, 0.717) is 11.5 Å². The van der Waals surface area contributed by atoms with Crippen LogP contribution in [0.25, 0.3) is 11.1 Å². The molecule has 0 amide bonds. The van der Waals surface area contributed by atoms with Gasteiger partial charge in [-0.2, -0.15) is 8.42 Å². The van der Waals surface area contributed by atoms with E-state index in [1.54, 1.807) is 12.1 Å². The second kappa shape index (κ2) is 7.30. The van der Waals surface area contributed by atoms with Gasteiger partial charge in [0.1, 0.15) is 4.90 Å². The van der Waals surface area contributed by atoms with Gasteiger partial charge < -0.3 is 0 Å². The summed E-state index contributed by atoms with van der Waals surface area (Å²) in [5.74, 6) is 0.461. The zero-order valence-electron chi connectivity index (χ0n) is 15.7. The number of hydrogen-bond acceptors (Lipinski definition) is 2. The van der Waals surface area contributed by atoms with Crippen molar-refractivity contribution in [2.75, 3.05) is 0 Å². The third-order valence-electron chi connectivity index (χ3n) is 5.33. The Morgan fingerprint density at radius 3 is 2.12 bits per heavy atom. The predicted octanol–water partition coefficient (Wildman–Crippen LogP) is 5.80. The molecule has 0 radical (unpaired) electrons. The lowest BCUT2D eigenvalue weighted by atomic mass is 9.81. The van der Waals surface area contributed by atoms with Crippen LogP contribution in [0.1, 0.15) is 64.5 Å². The average molecular weight is 361 g/mol. The highest BCUT2D eigenvalue weighted by Gasteiger charge is 2.23. The molecule has 1 N–H and O–H groups in total. The SMILES string of the molecule is CCC(C)c1ccc(-c2ccc(C(C)(C)CC)cc2S(=O)(=O)O)cc1. The minimum atomic E-state index is -4.30. The molecule has 0 saturated heterocycles. The lowest BCUT2D eigenvalue weighted by Gasteiger charge is -2.24. The molecule has 136 valence electrons. The molecule has 2 aromatic carbocycles. The van der Waals surface area contributed by atoms with Crippen LogP contribution in [0.15, 0.2) is 47.4 Å². The van der Waals surface area contributed by atoms with Crippen molar-refractivity contribution in [2.24, 2.45) is 0 Å². The third kappa shape index (κ3) is 4.31. The molecule has 2 aromatic rings. The van der Waals surface area contributed by atoms with Crippen molar-refractivity contribution in [3.63, 3.8) is 0 Å². The summed E-state index contributed by atoms with van der Waals surface area (Å²) in [7, 11) is -4.30. The summed E-state index contributed by atoms with van der Waals surface area (Å²) in [6.45, 7) is 10.5. The molecule has 3 nitrogen and oxygen atoms in total. The lowest BCUT2D eigenvalue weighted by Crippen LogP contribution is -2.16. The van der Waals surface area contributed by atoms with Gasteiger partial charge in [0, 0.05) is 5.56 Å². The van der Waals surface area contributed by atoms with Crippen LogP contribution in [-0.4, -0.2) is 13.0 Å². The fraction of sp³-hybridized carbons (Fsp3) is 0.429. The van der Waals surface area contributed by atoms with Crippen LogP contribution in [-0.2, 0) is 15.5 Å². The van der Waals surface area contributed by atoms with E-state index in [0.717, 1.165) is 24.0 Å². The molecule has 1 unspecified atom stereocenters. The maximum absolute atomic E-state index is 12.0. The highest BCUT2D eigenvalue weighted by atomic mass is 32.2. The molecule has 0 aromatic heterocycles. The molecule has 0 heterocycles. The first-order valence-electron chi connectivity index (χ1n) is 8.82. The monoisotopic (exact) mass is 360 g/mol. The van der Waals surface area contributed by atoms with E-state index in [1.807, 2.05) is 30.3 Å². The Hall–Kier alpha value is -1.65. The van der Waals surface area contributed by atoms with E-state index in [4.69, 9.17) is 0 Å². The molecule has 2 rings (SSSR count). The predicted molar refractivity (Wildman–Crippen MR) is 104 cm³/mol. The molecule has 1 atom stereocenters. The number of rotatable bonds is 6. The van der Waals surface area contributed by atoms with Crippen LogP contribution >= 0.6 is 0 Å². The fourth-order valence-electron chi connectivity index (χ4n) is 2.83. The van der Waals surface area contributed by atoms with Gasteiger partial charge in [-0.3, -0.25) is 4.55 Å². The van der Waals surface area contributed by atoms with Gasteiger partial charge in [-0.1, -0.05) is 71.0 Å². The Morgan fingerprint density at radius 2 is 1.64 bits per heavy atom. The summed E-state index contributed by atoms with van der Waals surface area (Å²) in [6, 6.07) is 13.3. The van der Waals surface area contributed by atoms with Gasteiger partial charge in [-0.05, 0) is 46.9 Å². The quantitative estimate of drug-likeness (QED) is 0.662. The second-order valence-electron chi connectivity index (χ2n) is 7.35. The molecule has 0 aliphatic carbocycles. The van der Waals surface area contributed by atoms with Crippen molar-refractivity contribution in [1.82, 2.24) is 0 Å². The first-order chi connectivity index (χ1) is 11.6. The Kier molecular flexibility index (Phi) is 5.75. The average Bonchev–Trinajstić information content (AvgIpc) is 2.60. The molecule has 0 saturated carbocycles. The van der Waals surface area contributed by atoms with E-state index in [9.17, 15) is 13.0 Å². The molecule has 0 bridgehead atoms. The molecule has 0 aliphatic heterocycles. The maximum atomic E-state index is 12.0. The normalized spacial score (nSPS) is 13.7. The number of hydrogen-bond donors (Lipinski definition) is 1. The van der Waals surface area contributed by atoms with Crippen LogP contribution < -0.4 is 0 Å². The Bertz CT molecular complexity index is 834. The minimum Gasteiger partial charge on any atom is -0.282 e. The largest absolute Gasteiger partial charge is 0.295 e. The first-order valence-corrected chi connectivity index (χ1v) is 10.3. The third-order valence-corrected chi connectivity index (χ3v) is 6.22. The van der Waals surface area contributed by atoms with Crippen molar-refractivity contribution < 1.29 is 13.0 Å². The Balaban J connectivity index is 2.58. The van der Waals surface area contributed by atoms with E-state index >= 15 is 0 Å². The molecule has 0 fully saturated rings. The van der Waals surface area contributed by atoms with Gasteiger partial charge >= 0.3 is 0 Å². The lowest BCUT2D eigenvalue weighted by molar-refractivity contribution is 0.481. The fourth-order valence-corrected chi connectivity index (χ4v) is 3.57. The van der Waals surface area contributed by atoms with Gasteiger partial charge in [-0.15, -0.1) is 0 Å². The van der Waals surface area contributed by atoms with Gasteiger partial charge in [0.25, 0.3) is 10.1 Å². The van der Waals surface area contributed by atoms with E-state index < -0.39 is 10.1 Å². The minimum absolute atomic E-state index is 0.0252. The zero-order chi connectivity index (χ0) is 18.8. The van der Waals surface area contributed by atoms with Crippen LogP contribution in [0, 0.1) is 0 Å². The van der Waals surface area contributed by atoms with Gasteiger partial charge in [0.15, 0.2) is 0 Å². The van der Waals surface area contributed by atoms with Gasteiger partial charge in [-0.25, -0.2) is 0 Å². The molecular formula is C21H28O3S. The van der Waals surface area contributed by atoms with E-state index in [2.05, 4.69) is 34.6 Å². The van der Waals surface area contributed by atoms with Crippen LogP contribution in [0.5, 0.6) is 0 Å². The summed E-state index contributed by atoms with van der Waals surface area (Å²) in [4.78, 5) is -0.0252. The Morgan fingerprint density at radius 1 is 1.04 bits per heavy atom. The van der Waals surface area contributed by atoms with Gasteiger partial charge in [0.05, 0.1) is 0 Å². The number of benzene rings is 2. The van der Waals surface area contributed by atoms with Crippen molar-refractivity contribution in [1.29, 1.82) is 0 Å². The second-order valence-corrected chi connectivity index (χ2v) is 8.74. The summed E-state index contributed by atoms with van der Waals surface area (Å²) in [6.07, 6.45) is 1.93. The van der Waals surface area contributed by atoms with Crippen molar-refractivity contribution >= 4 is 10.1 Å². The topological polar surface area (TPSA) is 54.4 Å². The van der Waals surface area contributed by atoms with Crippen molar-refractivity contribution in [3.05, 3.63) is 53.6 Å². The summed E-state index contributed by atoms with van der Waals surface area (Å²) < 4.78 is 33.7. The van der Waals surface area contributed by atoms with E-state index in [-0.39, 0.29) is 10.3 Å². The molecule has 0 aliphatic rings. The van der Waals surface area contributed by atoms with E-state index in [1.165, 1.54) is 5.56 Å². The van der Waals surface area contributed by atoms with Crippen molar-refractivity contribution in [2.45, 2.75) is 63.7 Å². The van der Waals surface area contributed by atoms with Crippen LogP contribution in [0.3, 0.4) is 0 Å². The summed E-state index contributed by atoms with van der Waals surface area (Å²) in [5.41, 5.74) is 3.30. The maximum Gasteiger partial charge on any atom is 0.295 e. The summed E-state index contributed by atoms with van der Waals surface area (Å²) >= 11 is 0. The standard InChI is InChI=1S/C21H28O3S/c1-6-15(3)16-8-10-17(11-9-16)19-13-12-18(21(4,5)7-2)14-20(19)25(22,23)24/h8-15H,6-7H2,1-5H3,(H,22,23,24). The smallest absolute Gasteiger partial charge is 0.282 e. The first kappa shape index (κ1) is 19.7. The van der Waals surface area contributed by atoms with Crippen molar-refractivity contribution in [3.8, 4) is 11.1 Å². The highest BCUT2D eigenvalue weighted by molar-refractivity contribution is 7.86. The van der Waals surface area contributed by atoms with Crippen LogP contribution in [0.4, 0.5) is 0 Å². The molecule has 0 spiro atoms. The molecule has 4 heteroatoms. The zero-order valence-corrected chi connectivity index (χ0v) is 16.5. The highest BCUT2D eigenvalue weighted by Crippen LogP contribution is 2.34. The van der Waals surface area contributed by atoms with Gasteiger partial charge in [0.2, 0.25) is 0 Å². The molecular weight excluding hydrogens is 332 g/mol. The summed E-state index contributed by atoms with van der Waals surface area (Å²) in [5, 5.41) is 0. The molecule has 25 heavy (non-hydrogen) atoms.